The quantitative estimate of drug-likeness (QED) is 0.809. The Labute approximate surface area is 150 Å². The molecule has 2 aromatic rings. The van der Waals surface area contributed by atoms with Crippen LogP contribution in [0.1, 0.15) is 30.4 Å². The number of likely N-dealkylation sites (tertiary alicyclic amines) is 1. The number of hydrogen-bond acceptors (Lipinski definition) is 4. The first kappa shape index (κ1) is 17.8. The Kier molecular flexibility index (Phi) is 5.95. The SMILES string of the molecule is CN1CCCC1CCN(Cc1cccc(O)c1)Cc1cccc(O)c1. The number of hydrogen-bond donors (Lipinski definition) is 2. The Hall–Kier alpha value is -2.04. The van der Waals surface area contributed by atoms with Crippen LogP contribution in [0.2, 0.25) is 0 Å². The minimum atomic E-state index is 0.310. The van der Waals surface area contributed by atoms with Crippen LogP contribution < -0.4 is 0 Å². The number of phenols is 2. The van der Waals surface area contributed by atoms with Gasteiger partial charge in [0.2, 0.25) is 0 Å². The van der Waals surface area contributed by atoms with Gasteiger partial charge in [0, 0.05) is 25.7 Å². The maximum absolute atomic E-state index is 9.73. The van der Waals surface area contributed by atoms with Gasteiger partial charge >= 0.3 is 0 Å². The Morgan fingerprint density at radius 1 is 1.00 bits per heavy atom. The second kappa shape index (κ2) is 8.37. The zero-order valence-corrected chi connectivity index (χ0v) is 14.9. The van der Waals surface area contributed by atoms with Gasteiger partial charge in [0.1, 0.15) is 11.5 Å². The molecule has 0 radical (unpaired) electrons. The highest BCUT2D eigenvalue weighted by atomic mass is 16.3. The summed E-state index contributed by atoms with van der Waals surface area (Å²) >= 11 is 0. The van der Waals surface area contributed by atoms with Gasteiger partial charge in [-0.25, -0.2) is 0 Å². The summed E-state index contributed by atoms with van der Waals surface area (Å²) < 4.78 is 0. The molecule has 1 atom stereocenters. The first-order valence-corrected chi connectivity index (χ1v) is 9.08. The molecule has 3 rings (SSSR count). The van der Waals surface area contributed by atoms with Crippen molar-refractivity contribution in [1.29, 1.82) is 0 Å². The van der Waals surface area contributed by atoms with Crippen molar-refractivity contribution in [3.05, 3.63) is 59.7 Å². The number of phenolic OH excluding ortho intramolecular Hbond substituents is 2. The van der Waals surface area contributed by atoms with Gasteiger partial charge in [0.25, 0.3) is 0 Å². The second-order valence-corrected chi connectivity index (χ2v) is 7.12. The van der Waals surface area contributed by atoms with Gasteiger partial charge in [0.15, 0.2) is 0 Å². The van der Waals surface area contributed by atoms with Crippen molar-refractivity contribution in [1.82, 2.24) is 9.80 Å². The molecule has 1 saturated heterocycles. The molecule has 2 aromatic carbocycles. The largest absolute Gasteiger partial charge is 0.508 e. The summed E-state index contributed by atoms with van der Waals surface area (Å²) in [5.74, 6) is 0.621. The van der Waals surface area contributed by atoms with Crippen molar-refractivity contribution in [3.8, 4) is 11.5 Å². The lowest BCUT2D eigenvalue weighted by atomic mass is 10.1. The molecule has 1 aliphatic rings. The van der Waals surface area contributed by atoms with Gasteiger partial charge in [-0.1, -0.05) is 24.3 Å². The fourth-order valence-corrected chi connectivity index (χ4v) is 3.72. The second-order valence-electron chi connectivity index (χ2n) is 7.12. The molecule has 0 saturated carbocycles. The Morgan fingerprint density at radius 3 is 2.08 bits per heavy atom. The van der Waals surface area contributed by atoms with Gasteiger partial charge in [0.05, 0.1) is 0 Å². The summed E-state index contributed by atoms with van der Waals surface area (Å²) in [5, 5.41) is 19.5. The van der Waals surface area contributed by atoms with Gasteiger partial charge < -0.3 is 15.1 Å². The molecule has 134 valence electrons. The molecule has 1 fully saturated rings. The van der Waals surface area contributed by atoms with E-state index in [-0.39, 0.29) is 0 Å². The molecule has 0 aromatic heterocycles. The lowest BCUT2D eigenvalue weighted by molar-refractivity contribution is 0.211. The van der Waals surface area contributed by atoms with Crippen molar-refractivity contribution in [2.75, 3.05) is 20.1 Å². The molecule has 0 bridgehead atoms. The van der Waals surface area contributed by atoms with Crippen molar-refractivity contribution in [3.63, 3.8) is 0 Å². The first-order valence-electron chi connectivity index (χ1n) is 9.08. The van der Waals surface area contributed by atoms with Crippen LogP contribution in [0.3, 0.4) is 0 Å². The highest BCUT2D eigenvalue weighted by molar-refractivity contribution is 5.28. The predicted octanol–water partition coefficient (Wildman–Crippen LogP) is 3.58. The van der Waals surface area contributed by atoms with E-state index in [9.17, 15) is 10.2 Å². The summed E-state index contributed by atoms with van der Waals surface area (Å²) in [6.45, 7) is 3.78. The average molecular weight is 340 g/mol. The Morgan fingerprint density at radius 2 is 1.60 bits per heavy atom. The van der Waals surface area contributed by atoms with E-state index in [0.717, 1.165) is 37.2 Å². The van der Waals surface area contributed by atoms with Crippen LogP contribution in [0.15, 0.2) is 48.5 Å². The molecule has 1 unspecified atom stereocenters. The Balaban J connectivity index is 1.68. The maximum atomic E-state index is 9.73. The van der Waals surface area contributed by atoms with Gasteiger partial charge in [-0.05, 0) is 68.2 Å². The number of benzene rings is 2. The molecular formula is C21H28N2O2. The summed E-state index contributed by atoms with van der Waals surface area (Å²) in [5.41, 5.74) is 2.22. The van der Waals surface area contributed by atoms with Crippen molar-refractivity contribution < 1.29 is 10.2 Å². The lowest BCUT2D eigenvalue weighted by Crippen LogP contribution is -2.31. The summed E-state index contributed by atoms with van der Waals surface area (Å²) in [6, 6.07) is 15.6. The minimum absolute atomic E-state index is 0.310. The third-order valence-electron chi connectivity index (χ3n) is 5.08. The summed E-state index contributed by atoms with van der Waals surface area (Å²) in [7, 11) is 2.21. The van der Waals surface area contributed by atoms with E-state index in [0.29, 0.717) is 17.5 Å². The van der Waals surface area contributed by atoms with E-state index in [1.54, 1.807) is 12.1 Å². The zero-order valence-electron chi connectivity index (χ0n) is 14.9. The highest BCUT2D eigenvalue weighted by Crippen LogP contribution is 2.21. The van der Waals surface area contributed by atoms with Gasteiger partial charge in [-0.15, -0.1) is 0 Å². The molecule has 4 nitrogen and oxygen atoms in total. The summed E-state index contributed by atoms with van der Waals surface area (Å²) in [6.07, 6.45) is 3.72. The molecule has 2 N–H and O–H groups in total. The fraction of sp³-hybridized carbons (Fsp3) is 0.429. The monoisotopic (exact) mass is 340 g/mol. The van der Waals surface area contributed by atoms with Crippen molar-refractivity contribution in [2.45, 2.75) is 38.4 Å². The number of nitrogens with zero attached hydrogens (tertiary/aromatic N) is 2. The topological polar surface area (TPSA) is 46.9 Å². The van der Waals surface area contributed by atoms with Gasteiger partial charge in [-0.3, -0.25) is 4.90 Å². The molecule has 0 aliphatic carbocycles. The van der Waals surface area contributed by atoms with Crippen LogP contribution in [-0.2, 0) is 13.1 Å². The van der Waals surface area contributed by atoms with Gasteiger partial charge in [-0.2, -0.15) is 0 Å². The normalized spacial score (nSPS) is 18.1. The molecule has 1 heterocycles. The van der Waals surface area contributed by atoms with E-state index >= 15 is 0 Å². The van der Waals surface area contributed by atoms with E-state index in [1.807, 2.05) is 24.3 Å². The van der Waals surface area contributed by atoms with Crippen LogP contribution in [-0.4, -0.2) is 46.2 Å². The lowest BCUT2D eigenvalue weighted by Gasteiger charge is -2.26. The molecule has 1 aliphatic heterocycles. The van der Waals surface area contributed by atoms with Crippen LogP contribution >= 0.6 is 0 Å². The van der Waals surface area contributed by atoms with E-state index < -0.39 is 0 Å². The third kappa shape index (κ3) is 5.21. The number of rotatable bonds is 7. The predicted molar refractivity (Wildman–Crippen MR) is 101 cm³/mol. The highest BCUT2D eigenvalue weighted by Gasteiger charge is 2.21. The molecular weight excluding hydrogens is 312 g/mol. The standard InChI is InChI=1S/C21H28N2O2/c1-22-11-4-7-19(22)10-12-23(15-17-5-2-8-20(24)13-17)16-18-6-3-9-21(25)14-18/h2-3,5-6,8-9,13-14,19,24-25H,4,7,10-12,15-16H2,1H3. The molecule has 4 heteroatoms. The van der Waals surface area contributed by atoms with Crippen molar-refractivity contribution in [2.24, 2.45) is 0 Å². The summed E-state index contributed by atoms with van der Waals surface area (Å²) in [4.78, 5) is 4.86. The average Bonchev–Trinajstić information content (AvgIpc) is 2.98. The molecule has 0 amide bonds. The van der Waals surface area contributed by atoms with Crippen LogP contribution in [0.5, 0.6) is 11.5 Å². The zero-order chi connectivity index (χ0) is 17.6. The fourth-order valence-electron chi connectivity index (χ4n) is 3.72. The van der Waals surface area contributed by atoms with E-state index in [4.69, 9.17) is 0 Å². The minimum Gasteiger partial charge on any atom is -0.508 e. The van der Waals surface area contributed by atoms with Crippen LogP contribution in [0.4, 0.5) is 0 Å². The smallest absolute Gasteiger partial charge is 0.115 e. The molecule has 0 spiro atoms. The maximum Gasteiger partial charge on any atom is 0.115 e. The third-order valence-corrected chi connectivity index (χ3v) is 5.08. The first-order chi connectivity index (χ1) is 12.1. The van der Waals surface area contributed by atoms with Crippen LogP contribution in [0.25, 0.3) is 0 Å². The Bertz CT molecular complexity index is 642. The van der Waals surface area contributed by atoms with E-state index in [1.165, 1.54) is 19.4 Å². The van der Waals surface area contributed by atoms with Crippen molar-refractivity contribution >= 4 is 0 Å². The molecule has 25 heavy (non-hydrogen) atoms. The van der Waals surface area contributed by atoms with E-state index in [2.05, 4.69) is 29.0 Å². The van der Waals surface area contributed by atoms with Crippen LogP contribution in [0, 0.1) is 0 Å². The number of aromatic hydroxyl groups is 2.